The van der Waals surface area contributed by atoms with Gasteiger partial charge in [-0.05, 0) is 12.1 Å². The molecule has 5 heteroatoms. The van der Waals surface area contributed by atoms with Crippen LogP contribution in [0.15, 0.2) is 35.2 Å². The highest BCUT2D eigenvalue weighted by molar-refractivity contribution is 5.36. The quantitative estimate of drug-likeness (QED) is 0.829. The Bertz CT molecular complexity index is 429. The van der Waals surface area contributed by atoms with E-state index < -0.39 is 0 Å². The standard InChI is InChI=1S/C11H13N3O2/c1-15-11-7-10(13-8-14-11)12-5-4-9-3-2-6-16-9/h2-3,6-8H,4-5H2,1H3,(H,12,13,14). The van der Waals surface area contributed by atoms with Crippen LogP contribution in [0.1, 0.15) is 5.76 Å². The van der Waals surface area contributed by atoms with Gasteiger partial charge in [-0.3, -0.25) is 0 Å². The summed E-state index contributed by atoms with van der Waals surface area (Å²) in [7, 11) is 1.58. The molecule has 0 atom stereocenters. The van der Waals surface area contributed by atoms with Crippen molar-refractivity contribution >= 4 is 5.82 Å². The zero-order chi connectivity index (χ0) is 11.2. The molecule has 0 amide bonds. The molecule has 0 spiro atoms. The molecular formula is C11H13N3O2. The smallest absolute Gasteiger partial charge is 0.218 e. The lowest BCUT2D eigenvalue weighted by atomic mass is 10.3. The molecule has 0 saturated heterocycles. The summed E-state index contributed by atoms with van der Waals surface area (Å²) in [6.45, 7) is 0.758. The highest BCUT2D eigenvalue weighted by Crippen LogP contribution is 2.10. The second-order valence-corrected chi connectivity index (χ2v) is 3.20. The van der Waals surface area contributed by atoms with Crippen LogP contribution in [-0.2, 0) is 6.42 Å². The van der Waals surface area contributed by atoms with Crippen LogP contribution in [0.3, 0.4) is 0 Å². The molecule has 0 aliphatic heterocycles. The van der Waals surface area contributed by atoms with Gasteiger partial charge in [-0.1, -0.05) is 0 Å². The van der Waals surface area contributed by atoms with E-state index in [0.29, 0.717) is 5.88 Å². The van der Waals surface area contributed by atoms with Gasteiger partial charge in [0.1, 0.15) is 17.9 Å². The van der Waals surface area contributed by atoms with Crippen LogP contribution in [0.4, 0.5) is 5.82 Å². The van der Waals surface area contributed by atoms with Gasteiger partial charge in [0.2, 0.25) is 5.88 Å². The third-order valence-corrected chi connectivity index (χ3v) is 2.11. The second kappa shape index (κ2) is 5.16. The Morgan fingerprint density at radius 3 is 3.12 bits per heavy atom. The van der Waals surface area contributed by atoms with E-state index in [1.165, 1.54) is 6.33 Å². The number of ether oxygens (including phenoxy) is 1. The number of rotatable bonds is 5. The van der Waals surface area contributed by atoms with Crippen molar-refractivity contribution in [3.63, 3.8) is 0 Å². The molecule has 16 heavy (non-hydrogen) atoms. The highest BCUT2D eigenvalue weighted by Gasteiger charge is 1.99. The number of hydrogen-bond donors (Lipinski definition) is 1. The molecule has 0 unspecified atom stereocenters. The lowest BCUT2D eigenvalue weighted by molar-refractivity contribution is 0.397. The van der Waals surface area contributed by atoms with E-state index in [0.717, 1.165) is 24.5 Å². The fourth-order valence-corrected chi connectivity index (χ4v) is 1.32. The van der Waals surface area contributed by atoms with E-state index in [-0.39, 0.29) is 0 Å². The monoisotopic (exact) mass is 219 g/mol. The number of methoxy groups -OCH3 is 1. The van der Waals surface area contributed by atoms with E-state index in [1.807, 2.05) is 12.1 Å². The van der Waals surface area contributed by atoms with Crippen molar-refractivity contribution in [2.24, 2.45) is 0 Å². The van der Waals surface area contributed by atoms with Gasteiger partial charge in [0.15, 0.2) is 0 Å². The van der Waals surface area contributed by atoms with E-state index >= 15 is 0 Å². The summed E-state index contributed by atoms with van der Waals surface area (Å²) in [6, 6.07) is 5.58. The molecule has 84 valence electrons. The van der Waals surface area contributed by atoms with Crippen LogP contribution in [0.25, 0.3) is 0 Å². The summed E-state index contributed by atoms with van der Waals surface area (Å²) < 4.78 is 10.2. The van der Waals surface area contributed by atoms with Gasteiger partial charge in [0, 0.05) is 19.0 Å². The van der Waals surface area contributed by atoms with E-state index in [4.69, 9.17) is 9.15 Å². The molecule has 5 nitrogen and oxygen atoms in total. The van der Waals surface area contributed by atoms with Gasteiger partial charge >= 0.3 is 0 Å². The summed E-state index contributed by atoms with van der Waals surface area (Å²) in [6.07, 6.45) is 3.95. The number of anilines is 1. The number of aromatic nitrogens is 2. The van der Waals surface area contributed by atoms with E-state index in [1.54, 1.807) is 19.4 Å². The predicted molar refractivity (Wildman–Crippen MR) is 59.5 cm³/mol. The van der Waals surface area contributed by atoms with Gasteiger partial charge in [0.25, 0.3) is 0 Å². The molecule has 0 aliphatic carbocycles. The van der Waals surface area contributed by atoms with Crippen LogP contribution >= 0.6 is 0 Å². The van der Waals surface area contributed by atoms with Gasteiger partial charge in [-0.2, -0.15) is 0 Å². The van der Waals surface area contributed by atoms with Crippen LogP contribution in [0, 0.1) is 0 Å². The van der Waals surface area contributed by atoms with Gasteiger partial charge in [-0.15, -0.1) is 0 Å². The molecule has 0 radical (unpaired) electrons. The number of nitrogens with one attached hydrogen (secondary N) is 1. The summed E-state index contributed by atoms with van der Waals surface area (Å²) in [4.78, 5) is 8.00. The SMILES string of the molecule is COc1cc(NCCc2ccco2)ncn1. The number of furan rings is 1. The molecule has 0 saturated carbocycles. The average molecular weight is 219 g/mol. The minimum absolute atomic E-state index is 0.551. The molecule has 0 fully saturated rings. The second-order valence-electron chi connectivity index (χ2n) is 3.20. The molecular weight excluding hydrogens is 206 g/mol. The Labute approximate surface area is 93.5 Å². The summed E-state index contributed by atoms with van der Waals surface area (Å²) >= 11 is 0. The first-order valence-electron chi connectivity index (χ1n) is 5.01. The Hall–Kier alpha value is -2.04. The van der Waals surface area contributed by atoms with Crippen LogP contribution in [0.5, 0.6) is 5.88 Å². The molecule has 2 aromatic heterocycles. The summed E-state index contributed by atoms with van der Waals surface area (Å²) in [5.74, 6) is 2.25. The van der Waals surface area contributed by atoms with Crippen LogP contribution < -0.4 is 10.1 Å². The zero-order valence-corrected chi connectivity index (χ0v) is 9.01. The minimum Gasteiger partial charge on any atom is -0.481 e. The molecule has 2 rings (SSSR count). The van der Waals surface area contributed by atoms with Crippen molar-refractivity contribution in [1.82, 2.24) is 9.97 Å². The van der Waals surface area contributed by atoms with Crippen molar-refractivity contribution in [1.29, 1.82) is 0 Å². The number of hydrogen-bond acceptors (Lipinski definition) is 5. The fraction of sp³-hybridized carbons (Fsp3) is 0.273. The Kier molecular flexibility index (Phi) is 3.38. The molecule has 1 N–H and O–H groups in total. The molecule has 0 bridgehead atoms. The maximum Gasteiger partial charge on any atom is 0.218 e. The fourth-order valence-electron chi connectivity index (χ4n) is 1.32. The average Bonchev–Trinajstić information content (AvgIpc) is 2.82. The topological polar surface area (TPSA) is 60.2 Å². The maximum atomic E-state index is 5.22. The van der Waals surface area contributed by atoms with E-state index in [2.05, 4.69) is 15.3 Å². The zero-order valence-electron chi connectivity index (χ0n) is 9.01. The first-order chi connectivity index (χ1) is 7.88. The molecule has 0 aromatic carbocycles. The van der Waals surface area contributed by atoms with Crippen LogP contribution in [-0.4, -0.2) is 23.6 Å². The highest BCUT2D eigenvalue weighted by atomic mass is 16.5. The van der Waals surface area contributed by atoms with Gasteiger partial charge in [0.05, 0.1) is 13.4 Å². The molecule has 2 heterocycles. The third kappa shape index (κ3) is 2.73. The first kappa shape index (κ1) is 10.5. The largest absolute Gasteiger partial charge is 0.481 e. The lowest BCUT2D eigenvalue weighted by Crippen LogP contribution is -2.06. The predicted octanol–water partition coefficient (Wildman–Crippen LogP) is 1.73. The Morgan fingerprint density at radius 2 is 2.38 bits per heavy atom. The summed E-state index contributed by atoms with van der Waals surface area (Å²) in [5, 5.41) is 3.17. The van der Waals surface area contributed by atoms with Crippen molar-refractivity contribution < 1.29 is 9.15 Å². The molecule has 2 aromatic rings. The van der Waals surface area contributed by atoms with E-state index in [9.17, 15) is 0 Å². The summed E-state index contributed by atoms with van der Waals surface area (Å²) in [5.41, 5.74) is 0. The van der Waals surface area contributed by atoms with Crippen LogP contribution in [0.2, 0.25) is 0 Å². The Morgan fingerprint density at radius 1 is 1.44 bits per heavy atom. The minimum atomic E-state index is 0.551. The molecule has 0 aliphatic rings. The first-order valence-corrected chi connectivity index (χ1v) is 5.01. The Balaban J connectivity index is 1.85. The van der Waals surface area contributed by atoms with Crippen molar-refractivity contribution in [3.05, 3.63) is 36.5 Å². The third-order valence-electron chi connectivity index (χ3n) is 2.11. The van der Waals surface area contributed by atoms with Gasteiger partial charge < -0.3 is 14.5 Å². The van der Waals surface area contributed by atoms with Crippen molar-refractivity contribution in [2.45, 2.75) is 6.42 Å². The van der Waals surface area contributed by atoms with Crippen molar-refractivity contribution in [3.8, 4) is 5.88 Å². The normalized spacial score (nSPS) is 10.1. The van der Waals surface area contributed by atoms with Crippen molar-refractivity contribution in [2.75, 3.05) is 19.0 Å². The lowest BCUT2D eigenvalue weighted by Gasteiger charge is -2.04. The number of nitrogens with zero attached hydrogens (tertiary/aromatic N) is 2. The van der Waals surface area contributed by atoms with Gasteiger partial charge in [-0.25, -0.2) is 9.97 Å². The maximum absolute atomic E-state index is 5.22.